The second-order valence-corrected chi connectivity index (χ2v) is 7.75. The lowest BCUT2D eigenvalue weighted by Gasteiger charge is -2.16. The smallest absolute Gasteiger partial charge is 0.254 e. The van der Waals surface area contributed by atoms with Crippen LogP contribution >= 0.6 is 0 Å². The summed E-state index contributed by atoms with van der Waals surface area (Å²) in [4.78, 5) is 25.5. The number of ether oxygens (including phenoxy) is 1. The Balaban J connectivity index is 1.65. The van der Waals surface area contributed by atoms with Crippen LogP contribution in [0, 0.1) is 0 Å². The molecular formula is C24H25FN4O3. The highest BCUT2D eigenvalue weighted by molar-refractivity contribution is 6.02. The Morgan fingerprint density at radius 2 is 1.97 bits per heavy atom. The summed E-state index contributed by atoms with van der Waals surface area (Å²) < 4.78 is 21.5. The first-order chi connectivity index (χ1) is 15.5. The first kappa shape index (κ1) is 21.5. The van der Waals surface area contributed by atoms with Crippen LogP contribution in [0.15, 0.2) is 54.9 Å². The highest BCUT2D eigenvalue weighted by atomic mass is 19.1. The van der Waals surface area contributed by atoms with Crippen molar-refractivity contribution in [2.24, 2.45) is 7.05 Å². The molecule has 4 rings (SSSR count). The highest BCUT2D eigenvalue weighted by Gasteiger charge is 2.39. The van der Waals surface area contributed by atoms with Gasteiger partial charge in [0.1, 0.15) is 18.5 Å². The van der Waals surface area contributed by atoms with Crippen LogP contribution in [0.4, 0.5) is 4.39 Å². The van der Waals surface area contributed by atoms with Crippen molar-refractivity contribution in [2.45, 2.75) is 18.4 Å². The zero-order valence-corrected chi connectivity index (χ0v) is 18.0. The van der Waals surface area contributed by atoms with Crippen molar-refractivity contribution in [1.82, 2.24) is 20.4 Å². The summed E-state index contributed by atoms with van der Waals surface area (Å²) in [6.45, 7) is -0.295. The zero-order chi connectivity index (χ0) is 22.7. The van der Waals surface area contributed by atoms with Crippen LogP contribution in [-0.2, 0) is 13.5 Å². The van der Waals surface area contributed by atoms with Gasteiger partial charge in [-0.3, -0.25) is 14.3 Å². The number of benzene rings is 2. The maximum Gasteiger partial charge on any atom is 0.254 e. The summed E-state index contributed by atoms with van der Waals surface area (Å²) >= 11 is 0. The summed E-state index contributed by atoms with van der Waals surface area (Å²) in [5.41, 5.74) is 3.07. The van der Waals surface area contributed by atoms with Crippen molar-refractivity contribution < 1.29 is 18.7 Å². The van der Waals surface area contributed by atoms with Gasteiger partial charge in [-0.15, -0.1) is 0 Å². The maximum absolute atomic E-state index is 13.9. The van der Waals surface area contributed by atoms with E-state index in [1.807, 2.05) is 43.6 Å². The van der Waals surface area contributed by atoms with Gasteiger partial charge in [-0.1, -0.05) is 30.3 Å². The molecular weight excluding hydrogens is 411 g/mol. The van der Waals surface area contributed by atoms with Crippen molar-refractivity contribution >= 4 is 11.8 Å². The number of nitrogens with one attached hydrogen (secondary N) is 2. The Bertz CT molecular complexity index is 1130. The van der Waals surface area contributed by atoms with Crippen LogP contribution in [0.1, 0.15) is 43.3 Å². The molecule has 0 spiro atoms. The van der Waals surface area contributed by atoms with Crippen molar-refractivity contribution in [3.63, 3.8) is 0 Å². The number of carbonyl (C=O) groups is 2. The molecule has 0 radical (unpaired) electrons. The van der Waals surface area contributed by atoms with Crippen LogP contribution in [0.5, 0.6) is 5.75 Å². The van der Waals surface area contributed by atoms with Gasteiger partial charge in [0.15, 0.2) is 0 Å². The van der Waals surface area contributed by atoms with Crippen molar-refractivity contribution in [1.29, 1.82) is 0 Å². The monoisotopic (exact) mass is 436 g/mol. The molecule has 2 heterocycles. The summed E-state index contributed by atoms with van der Waals surface area (Å²) in [7, 11) is 3.34. The molecule has 2 amide bonds. The number of hydrogen-bond donors (Lipinski definition) is 2. The Labute approximate surface area is 185 Å². The minimum atomic E-state index is -0.764. The van der Waals surface area contributed by atoms with E-state index >= 15 is 0 Å². The summed E-state index contributed by atoms with van der Waals surface area (Å²) in [6.07, 6.45) is 3.51. The molecule has 0 unspecified atom stereocenters. The first-order valence-electron chi connectivity index (χ1n) is 10.4. The number of aromatic nitrogens is 2. The number of hydrogen-bond acceptors (Lipinski definition) is 4. The van der Waals surface area contributed by atoms with Gasteiger partial charge < -0.3 is 15.4 Å². The van der Waals surface area contributed by atoms with E-state index in [0.29, 0.717) is 29.8 Å². The molecule has 0 fully saturated rings. The van der Waals surface area contributed by atoms with Crippen molar-refractivity contribution in [3.8, 4) is 5.75 Å². The maximum atomic E-state index is 13.9. The van der Waals surface area contributed by atoms with E-state index in [2.05, 4.69) is 15.7 Å². The number of rotatable bonds is 7. The number of aryl methyl sites for hydroxylation is 1. The van der Waals surface area contributed by atoms with Crippen LogP contribution < -0.4 is 15.4 Å². The predicted molar refractivity (Wildman–Crippen MR) is 118 cm³/mol. The Hall–Kier alpha value is -3.68. The van der Waals surface area contributed by atoms with Gasteiger partial charge in [0.2, 0.25) is 0 Å². The summed E-state index contributed by atoms with van der Waals surface area (Å²) in [5, 5.41) is 9.59. The minimum absolute atomic E-state index is 0.222. The van der Waals surface area contributed by atoms with E-state index in [1.54, 1.807) is 16.9 Å². The van der Waals surface area contributed by atoms with E-state index < -0.39 is 24.6 Å². The Kier molecular flexibility index (Phi) is 6.20. The Morgan fingerprint density at radius 1 is 1.19 bits per heavy atom. The fraction of sp³-hybridized carbons (Fsp3) is 0.292. The molecule has 1 aliphatic heterocycles. The zero-order valence-electron chi connectivity index (χ0n) is 18.0. The van der Waals surface area contributed by atoms with E-state index in [9.17, 15) is 14.0 Å². The Morgan fingerprint density at radius 3 is 2.62 bits per heavy atom. The fourth-order valence-electron chi connectivity index (χ4n) is 4.07. The number of nitrogens with zero attached hydrogens (tertiary/aromatic N) is 2. The van der Waals surface area contributed by atoms with Gasteiger partial charge in [-0.25, -0.2) is 4.39 Å². The molecule has 0 saturated heterocycles. The average molecular weight is 436 g/mol. The average Bonchev–Trinajstić information content (AvgIpc) is 3.41. The molecule has 166 valence electrons. The molecule has 2 atom stereocenters. The normalized spacial score (nSPS) is 16.8. The topological polar surface area (TPSA) is 85.3 Å². The molecule has 3 aromatic rings. The molecule has 8 heteroatoms. The van der Waals surface area contributed by atoms with Crippen LogP contribution in [0.25, 0.3) is 0 Å². The third-order valence-electron chi connectivity index (χ3n) is 5.60. The largest absolute Gasteiger partial charge is 0.486 e. The predicted octanol–water partition coefficient (Wildman–Crippen LogP) is 2.61. The second-order valence-electron chi connectivity index (χ2n) is 7.75. The lowest BCUT2D eigenvalue weighted by Crippen LogP contribution is -2.26. The molecule has 32 heavy (non-hydrogen) atoms. The van der Waals surface area contributed by atoms with Gasteiger partial charge >= 0.3 is 0 Å². The first-order valence-corrected chi connectivity index (χ1v) is 10.4. The van der Waals surface area contributed by atoms with Gasteiger partial charge in [0, 0.05) is 38.0 Å². The van der Waals surface area contributed by atoms with Gasteiger partial charge in [-0.2, -0.15) is 5.10 Å². The summed E-state index contributed by atoms with van der Waals surface area (Å²) in [6, 6.07) is 12.6. The van der Waals surface area contributed by atoms with Crippen molar-refractivity contribution in [3.05, 3.63) is 82.7 Å². The minimum Gasteiger partial charge on any atom is -0.486 e. The lowest BCUT2D eigenvalue weighted by molar-refractivity contribution is 0.0954. The molecule has 2 N–H and O–H groups in total. The number of amides is 2. The molecule has 1 aliphatic rings. The van der Waals surface area contributed by atoms with E-state index in [0.717, 1.165) is 11.1 Å². The quantitative estimate of drug-likeness (QED) is 0.596. The second kappa shape index (κ2) is 9.21. The highest BCUT2D eigenvalue weighted by Crippen LogP contribution is 2.45. The number of alkyl halides is 1. The van der Waals surface area contributed by atoms with Gasteiger partial charge in [-0.05, 0) is 29.7 Å². The standard InChI is InChI=1S/C24H25FN4O3/c1-26-24(31)19-11-17(23(30)27-9-8-15-13-28-29(2)14-15)10-18-21(16-6-4-3-5-7-16)20(12-25)32-22(18)19/h3-7,10-11,13-14,20-21H,8-9,12H2,1-2H3,(H,26,31)(H,27,30)/t20-,21+/m1/s1. The van der Waals surface area contributed by atoms with Crippen LogP contribution in [-0.4, -0.2) is 48.0 Å². The van der Waals surface area contributed by atoms with Crippen LogP contribution in [0.2, 0.25) is 0 Å². The van der Waals surface area contributed by atoms with E-state index in [1.165, 1.54) is 13.1 Å². The lowest BCUT2D eigenvalue weighted by atomic mass is 9.86. The van der Waals surface area contributed by atoms with Crippen molar-refractivity contribution in [2.75, 3.05) is 20.3 Å². The third-order valence-corrected chi connectivity index (χ3v) is 5.60. The number of carbonyl (C=O) groups excluding carboxylic acids is 2. The molecule has 1 aromatic heterocycles. The molecule has 7 nitrogen and oxygen atoms in total. The van der Waals surface area contributed by atoms with Gasteiger partial charge in [0.05, 0.1) is 17.7 Å². The number of halogens is 1. The van der Waals surface area contributed by atoms with Gasteiger partial charge in [0.25, 0.3) is 11.8 Å². The third kappa shape index (κ3) is 4.21. The van der Waals surface area contributed by atoms with E-state index in [4.69, 9.17) is 4.74 Å². The SMILES string of the molecule is CNC(=O)c1cc(C(=O)NCCc2cnn(C)c2)cc2c1O[C@H](CF)[C@H]2c1ccccc1. The molecule has 2 aromatic carbocycles. The molecule has 0 aliphatic carbocycles. The molecule has 0 bridgehead atoms. The number of fused-ring (bicyclic) bond motifs is 1. The fourth-order valence-corrected chi connectivity index (χ4v) is 4.07. The molecule has 0 saturated carbocycles. The van der Waals surface area contributed by atoms with Crippen LogP contribution in [0.3, 0.4) is 0 Å². The van der Waals surface area contributed by atoms with E-state index in [-0.39, 0.29) is 11.5 Å². The summed E-state index contributed by atoms with van der Waals surface area (Å²) in [5.74, 6) is -0.787.